The Morgan fingerprint density at radius 1 is 1.00 bits per heavy atom. The lowest BCUT2D eigenvalue weighted by Gasteiger charge is -2.26. The predicted molar refractivity (Wildman–Crippen MR) is 175 cm³/mol. The molecular formula is C33H31Cl2FN8O3. The highest BCUT2D eigenvalue weighted by atomic mass is 35.5. The Bertz CT molecular complexity index is 2020. The summed E-state index contributed by atoms with van der Waals surface area (Å²) in [6.45, 7) is 3.13. The lowest BCUT2D eigenvalue weighted by Crippen LogP contribution is -2.27. The lowest BCUT2D eigenvalue weighted by atomic mass is 9.96. The number of pyridine rings is 2. The van der Waals surface area contributed by atoms with Gasteiger partial charge in [0.15, 0.2) is 5.15 Å². The minimum absolute atomic E-state index is 0.0561. The second-order valence-corrected chi connectivity index (χ2v) is 12.8. The van der Waals surface area contributed by atoms with E-state index in [1.54, 1.807) is 30.6 Å². The Balaban J connectivity index is 1.33. The molecule has 0 saturated carbocycles. The molecule has 0 spiro atoms. The molecule has 2 aliphatic heterocycles. The number of anilines is 1. The molecule has 14 heteroatoms. The van der Waals surface area contributed by atoms with E-state index in [0.29, 0.717) is 60.1 Å². The Morgan fingerprint density at radius 2 is 1.83 bits per heavy atom. The molecule has 2 unspecified atom stereocenters. The second-order valence-electron chi connectivity index (χ2n) is 11.9. The van der Waals surface area contributed by atoms with Crippen LogP contribution in [0.2, 0.25) is 10.2 Å². The van der Waals surface area contributed by atoms with Gasteiger partial charge in [-0.05, 0) is 56.0 Å². The fraction of sp³-hybridized carbons (Fsp3) is 0.333. The number of benzene rings is 1. The van der Waals surface area contributed by atoms with Crippen LogP contribution in [-0.4, -0.2) is 53.4 Å². The number of nitrogens with one attached hydrogen (secondary N) is 1. The Labute approximate surface area is 279 Å². The molecule has 7 rings (SSSR count). The molecule has 1 amide bonds. The highest BCUT2D eigenvalue weighted by Crippen LogP contribution is 2.37. The molecule has 2 aliphatic rings. The smallest absolute Gasteiger partial charge is 0.251 e. The molecule has 47 heavy (non-hydrogen) atoms. The van der Waals surface area contributed by atoms with Crippen LogP contribution in [-0.2, 0) is 9.53 Å². The minimum atomic E-state index is -0.630. The normalized spacial score (nSPS) is 19.0. The molecule has 242 valence electrons. The van der Waals surface area contributed by atoms with Crippen molar-refractivity contribution in [1.82, 2.24) is 34.3 Å². The van der Waals surface area contributed by atoms with Gasteiger partial charge in [-0.2, -0.15) is 5.10 Å². The van der Waals surface area contributed by atoms with Crippen LogP contribution in [0.1, 0.15) is 56.8 Å². The maximum absolute atomic E-state index is 16.2. The zero-order valence-corrected chi connectivity index (χ0v) is 27.0. The van der Waals surface area contributed by atoms with Crippen molar-refractivity contribution in [1.29, 1.82) is 0 Å². The Hall–Kier alpha value is -4.39. The van der Waals surface area contributed by atoms with Gasteiger partial charge in [0.05, 0.1) is 47.2 Å². The number of nitrogens with zero attached hydrogens (tertiary/aromatic N) is 7. The van der Waals surface area contributed by atoms with Crippen molar-refractivity contribution in [2.45, 2.75) is 51.1 Å². The summed E-state index contributed by atoms with van der Waals surface area (Å²) in [5.41, 5.74) is 3.20. The van der Waals surface area contributed by atoms with Crippen LogP contribution in [0.25, 0.3) is 28.1 Å². The number of ether oxygens (including phenoxy) is 1. The summed E-state index contributed by atoms with van der Waals surface area (Å²) >= 11 is 12.3. The molecule has 11 nitrogen and oxygen atoms in total. The molecule has 1 saturated heterocycles. The van der Waals surface area contributed by atoms with Crippen LogP contribution < -0.4 is 10.9 Å². The van der Waals surface area contributed by atoms with E-state index < -0.39 is 17.4 Å². The fourth-order valence-corrected chi connectivity index (χ4v) is 6.72. The molecule has 0 aliphatic carbocycles. The van der Waals surface area contributed by atoms with Gasteiger partial charge >= 0.3 is 0 Å². The van der Waals surface area contributed by atoms with Crippen molar-refractivity contribution in [2.75, 3.05) is 18.5 Å². The largest absolute Gasteiger partial charge is 0.381 e. The van der Waals surface area contributed by atoms with Gasteiger partial charge in [0.1, 0.15) is 5.82 Å². The standard InChI is InChI=1S/C33H31Cl2FN8O3/c1-19-3-2-4-29(26-13-20(7-10-37-26)32-27(39-33(19)46)16-38-44(32)22-8-11-47-12-9-22)42-17-25(36)23(15-31(42)45)24-14-21(34)5-6-28(24)43-18-30(35)40-41-43/h5-7,10,13-19,22,29H,2-4,8-9,11-12H2,1H3,(H,39,46). The first-order chi connectivity index (χ1) is 22.8. The Kier molecular flexibility index (Phi) is 8.65. The fourth-order valence-electron chi connectivity index (χ4n) is 6.42. The van der Waals surface area contributed by atoms with Gasteiger partial charge in [0, 0.05) is 59.3 Å². The average molecular weight is 678 g/mol. The summed E-state index contributed by atoms with van der Waals surface area (Å²) < 4.78 is 26.5. The van der Waals surface area contributed by atoms with Gasteiger partial charge in [-0.15, -0.1) is 5.10 Å². The van der Waals surface area contributed by atoms with Gasteiger partial charge in [-0.3, -0.25) is 19.3 Å². The molecule has 2 atom stereocenters. The van der Waals surface area contributed by atoms with Crippen molar-refractivity contribution in [3.63, 3.8) is 0 Å². The van der Waals surface area contributed by atoms with Gasteiger partial charge in [-0.25, -0.2) is 9.07 Å². The van der Waals surface area contributed by atoms with E-state index in [-0.39, 0.29) is 28.6 Å². The van der Waals surface area contributed by atoms with Crippen molar-refractivity contribution >= 4 is 34.8 Å². The zero-order chi connectivity index (χ0) is 32.7. The van der Waals surface area contributed by atoms with Crippen molar-refractivity contribution in [3.05, 3.63) is 93.2 Å². The second kappa shape index (κ2) is 13.0. The summed E-state index contributed by atoms with van der Waals surface area (Å²) in [6, 6.07) is 9.39. The van der Waals surface area contributed by atoms with E-state index in [9.17, 15) is 9.59 Å². The number of rotatable bonds is 4. The van der Waals surface area contributed by atoms with Crippen molar-refractivity contribution in [2.24, 2.45) is 5.92 Å². The number of fused-ring (bicyclic) bond motifs is 4. The topological polar surface area (TPSA) is 122 Å². The van der Waals surface area contributed by atoms with Crippen LogP contribution in [0.5, 0.6) is 0 Å². The zero-order valence-electron chi connectivity index (χ0n) is 25.4. The third-order valence-corrected chi connectivity index (χ3v) is 9.29. The lowest BCUT2D eigenvalue weighted by molar-refractivity contribution is -0.119. The van der Waals surface area contributed by atoms with E-state index in [1.165, 1.54) is 27.7 Å². The summed E-state index contributed by atoms with van der Waals surface area (Å²) in [5, 5.41) is 16.1. The SMILES string of the molecule is CC1CCCC(n2cc(F)c(-c3cc(Cl)ccc3-n3cc(Cl)nn3)cc2=O)c2cc(ccn2)-c2c(cnn2C2CCOCC2)NC1=O. The molecule has 1 N–H and O–H groups in total. The van der Waals surface area contributed by atoms with Crippen LogP contribution in [0.4, 0.5) is 10.1 Å². The van der Waals surface area contributed by atoms with Crippen LogP contribution >= 0.6 is 23.2 Å². The first-order valence-corrected chi connectivity index (χ1v) is 16.2. The third kappa shape index (κ3) is 6.20. The highest BCUT2D eigenvalue weighted by Gasteiger charge is 2.28. The van der Waals surface area contributed by atoms with Gasteiger partial charge < -0.3 is 14.6 Å². The summed E-state index contributed by atoms with van der Waals surface area (Å²) in [5.74, 6) is -1.04. The summed E-state index contributed by atoms with van der Waals surface area (Å²) in [4.78, 5) is 31.8. The number of carbonyl (C=O) groups is 1. The first kappa shape index (κ1) is 31.2. The number of halogens is 3. The number of aromatic nitrogens is 7. The number of hydrogen-bond acceptors (Lipinski definition) is 7. The average Bonchev–Trinajstić information content (AvgIpc) is 3.70. The first-order valence-electron chi connectivity index (χ1n) is 15.5. The molecule has 2 bridgehead atoms. The minimum Gasteiger partial charge on any atom is -0.381 e. The molecule has 1 fully saturated rings. The molecule has 0 radical (unpaired) electrons. The maximum Gasteiger partial charge on any atom is 0.251 e. The number of hydrogen-bond donors (Lipinski definition) is 1. The number of carbonyl (C=O) groups excluding carboxylic acids is 1. The van der Waals surface area contributed by atoms with E-state index >= 15 is 4.39 Å². The molecule has 4 aromatic heterocycles. The highest BCUT2D eigenvalue weighted by molar-refractivity contribution is 6.31. The molecule has 6 heterocycles. The molecule has 1 aromatic carbocycles. The summed E-state index contributed by atoms with van der Waals surface area (Å²) in [6.07, 6.45) is 9.27. The summed E-state index contributed by atoms with van der Waals surface area (Å²) in [7, 11) is 0. The van der Waals surface area contributed by atoms with Gasteiger partial charge in [-0.1, -0.05) is 41.8 Å². The van der Waals surface area contributed by atoms with Crippen LogP contribution in [0, 0.1) is 11.7 Å². The monoisotopic (exact) mass is 676 g/mol. The van der Waals surface area contributed by atoms with Crippen LogP contribution in [0.3, 0.4) is 0 Å². The van der Waals surface area contributed by atoms with E-state index in [1.807, 2.05) is 23.7 Å². The van der Waals surface area contributed by atoms with E-state index in [2.05, 4.69) is 20.6 Å². The van der Waals surface area contributed by atoms with Crippen molar-refractivity contribution < 1.29 is 13.9 Å². The maximum atomic E-state index is 16.2. The van der Waals surface area contributed by atoms with Gasteiger partial charge in [0.25, 0.3) is 5.56 Å². The van der Waals surface area contributed by atoms with E-state index in [4.69, 9.17) is 33.0 Å². The Morgan fingerprint density at radius 3 is 2.62 bits per heavy atom. The molecular weight excluding hydrogens is 646 g/mol. The predicted octanol–water partition coefficient (Wildman–Crippen LogP) is 6.50. The third-order valence-electron chi connectivity index (χ3n) is 8.88. The number of amides is 1. The quantitative estimate of drug-likeness (QED) is 0.231. The van der Waals surface area contributed by atoms with Crippen LogP contribution in [0.15, 0.2) is 66.0 Å². The van der Waals surface area contributed by atoms with Gasteiger partial charge in [0.2, 0.25) is 5.91 Å². The molecule has 5 aromatic rings. The van der Waals surface area contributed by atoms with Crippen molar-refractivity contribution in [3.8, 4) is 28.1 Å². The van der Waals surface area contributed by atoms with E-state index in [0.717, 1.165) is 24.1 Å².